The lowest BCUT2D eigenvalue weighted by Crippen LogP contribution is -2.43. The SMILES string of the molecule is CCCCn1c(N)c(N(Cc2ccco2)C(=O)C2CC(=O)N(C3CC3)C2)c(=O)[nH]c1=O. The van der Waals surface area contributed by atoms with Gasteiger partial charge in [0.05, 0.1) is 18.7 Å². The van der Waals surface area contributed by atoms with Crippen molar-refractivity contribution in [1.82, 2.24) is 14.5 Å². The van der Waals surface area contributed by atoms with Crippen LogP contribution in [0.25, 0.3) is 0 Å². The normalized spacial score (nSPS) is 18.5. The molecule has 2 amide bonds. The Morgan fingerprint density at radius 3 is 2.74 bits per heavy atom. The Hall–Kier alpha value is -3.30. The standard InChI is InChI=1S/C21H27N5O5/c1-2-3-8-24-18(22)17(19(28)23-21(24)30)26(12-15-5-4-9-31-15)20(29)13-10-16(27)25(11-13)14-6-7-14/h4-5,9,13-14H,2-3,6-8,10-12,22H2,1H3,(H,23,28,30). The highest BCUT2D eigenvalue weighted by Crippen LogP contribution is 2.34. The molecule has 3 heterocycles. The number of anilines is 2. The average Bonchev–Trinajstić information content (AvgIpc) is 3.29. The number of aromatic amines is 1. The van der Waals surface area contributed by atoms with E-state index in [1.54, 1.807) is 17.0 Å². The minimum atomic E-state index is -0.737. The Balaban J connectivity index is 1.72. The van der Waals surface area contributed by atoms with E-state index in [0.717, 1.165) is 19.3 Å². The predicted octanol–water partition coefficient (Wildman–Crippen LogP) is 1.06. The lowest BCUT2D eigenvalue weighted by atomic mass is 10.1. The van der Waals surface area contributed by atoms with Crippen LogP contribution in [0.15, 0.2) is 32.4 Å². The van der Waals surface area contributed by atoms with E-state index < -0.39 is 17.2 Å². The molecule has 2 aliphatic rings. The maximum Gasteiger partial charge on any atom is 0.330 e. The van der Waals surface area contributed by atoms with E-state index in [4.69, 9.17) is 10.2 Å². The zero-order valence-corrected chi connectivity index (χ0v) is 17.5. The van der Waals surface area contributed by atoms with Crippen molar-refractivity contribution in [3.8, 4) is 0 Å². The molecule has 0 aromatic carbocycles. The molecule has 4 rings (SSSR count). The van der Waals surface area contributed by atoms with Crippen molar-refractivity contribution < 1.29 is 14.0 Å². The van der Waals surface area contributed by atoms with Crippen LogP contribution in [0.3, 0.4) is 0 Å². The number of furan rings is 1. The molecule has 2 fully saturated rings. The monoisotopic (exact) mass is 429 g/mol. The molecule has 1 atom stereocenters. The molecule has 10 heteroatoms. The molecular weight excluding hydrogens is 402 g/mol. The van der Waals surface area contributed by atoms with Crippen LogP contribution in [0.4, 0.5) is 11.5 Å². The van der Waals surface area contributed by atoms with Crippen LogP contribution in [0.1, 0.15) is 44.8 Å². The van der Waals surface area contributed by atoms with Crippen LogP contribution in [-0.4, -0.2) is 38.9 Å². The number of likely N-dealkylation sites (tertiary alicyclic amines) is 1. The van der Waals surface area contributed by atoms with E-state index in [1.165, 1.54) is 15.7 Å². The summed E-state index contributed by atoms with van der Waals surface area (Å²) in [6.07, 6.45) is 5.00. The number of amides is 2. The topological polar surface area (TPSA) is 135 Å². The summed E-state index contributed by atoms with van der Waals surface area (Å²) in [6, 6.07) is 3.59. The first-order chi connectivity index (χ1) is 14.9. The number of nitrogens with two attached hydrogens (primary N) is 1. The highest BCUT2D eigenvalue weighted by Gasteiger charge is 2.43. The molecule has 2 aromatic rings. The van der Waals surface area contributed by atoms with Gasteiger partial charge in [0, 0.05) is 25.6 Å². The summed E-state index contributed by atoms with van der Waals surface area (Å²) in [5.41, 5.74) is 4.81. The van der Waals surface area contributed by atoms with Gasteiger partial charge in [0.2, 0.25) is 11.8 Å². The lowest BCUT2D eigenvalue weighted by molar-refractivity contribution is -0.128. The lowest BCUT2D eigenvalue weighted by Gasteiger charge is -2.26. The van der Waals surface area contributed by atoms with Gasteiger partial charge >= 0.3 is 5.69 Å². The molecule has 1 saturated carbocycles. The molecule has 1 saturated heterocycles. The number of nitrogens with zero attached hydrogens (tertiary/aromatic N) is 3. The van der Waals surface area contributed by atoms with Gasteiger partial charge in [-0.3, -0.25) is 28.8 Å². The summed E-state index contributed by atoms with van der Waals surface area (Å²) < 4.78 is 6.67. The number of rotatable bonds is 8. The van der Waals surface area contributed by atoms with E-state index in [9.17, 15) is 19.2 Å². The van der Waals surface area contributed by atoms with Crippen LogP contribution in [0.2, 0.25) is 0 Å². The molecule has 166 valence electrons. The Morgan fingerprint density at radius 1 is 1.32 bits per heavy atom. The molecule has 31 heavy (non-hydrogen) atoms. The maximum atomic E-state index is 13.5. The zero-order chi connectivity index (χ0) is 22.1. The van der Waals surface area contributed by atoms with Crippen molar-refractivity contribution in [3.63, 3.8) is 0 Å². The number of nitrogen functional groups attached to an aromatic ring is 1. The molecule has 1 unspecified atom stereocenters. The molecular formula is C21H27N5O5. The minimum Gasteiger partial charge on any atom is -0.467 e. The Morgan fingerprint density at radius 2 is 2.10 bits per heavy atom. The molecule has 3 N–H and O–H groups in total. The molecule has 2 aromatic heterocycles. The van der Waals surface area contributed by atoms with Gasteiger partial charge in [0.1, 0.15) is 11.6 Å². The summed E-state index contributed by atoms with van der Waals surface area (Å²) in [7, 11) is 0. The fourth-order valence-electron chi connectivity index (χ4n) is 4.06. The van der Waals surface area contributed by atoms with Gasteiger partial charge in [-0.2, -0.15) is 0 Å². The number of nitrogens with one attached hydrogen (secondary N) is 1. The van der Waals surface area contributed by atoms with Crippen LogP contribution in [0.5, 0.6) is 0 Å². The molecule has 1 aliphatic carbocycles. The first-order valence-corrected chi connectivity index (χ1v) is 10.7. The van der Waals surface area contributed by atoms with Gasteiger partial charge in [-0.25, -0.2) is 4.79 Å². The van der Waals surface area contributed by atoms with Crippen molar-refractivity contribution in [2.24, 2.45) is 5.92 Å². The van der Waals surface area contributed by atoms with Gasteiger partial charge < -0.3 is 15.1 Å². The summed E-state index contributed by atoms with van der Waals surface area (Å²) in [6.45, 7) is 2.60. The van der Waals surface area contributed by atoms with Crippen LogP contribution in [-0.2, 0) is 22.7 Å². The first-order valence-electron chi connectivity index (χ1n) is 10.7. The Kier molecular flexibility index (Phi) is 5.71. The predicted molar refractivity (Wildman–Crippen MR) is 113 cm³/mol. The van der Waals surface area contributed by atoms with Crippen molar-refractivity contribution in [2.45, 2.75) is 58.2 Å². The second-order valence-electron chi connectivity index (χ2n) is 8.18. The Bertz CT molecular complexity index is 1080. The quantitative estimate of drug-likeness (QED) is 0.644. The van der Waals surface area contributed by atoms with Gasteiger partial charge in [-0.1, -0.05) is 13.3 Å². The molecule has 0 bridgehead atoms. The number of hydrogen-bond acceptors (Lipinski definition) is 6. The minimum absolute atomic E-state index is 0.0286. The third-order valence-corrected chi connectivity index (χ3v) is 5.87. The second-order valence-corrected chi connectivity index (χ2v) is 8.18. The van der Waals surface area contributed by atoms with Crippen LogP contribution < -0.4 is 21.9 Å². The average molecular weight is 429 g/mol. The van der Waals surface area contributed by atoms with Crippen molar-refractivity contribution in [1.29, 1.82) is 0 Å². The van der Waals surface area contributed by atoms with E-state index >= 15 is 0 Å². The van der Waals surface area contributed by atoms with E-state index in [1.807, 2.05) is 6.92 Å². The third-order valence-electron chi connectivity index (χ3n) is 5.87. The number of hydrogen-bond donors (Lipinski definition) is 2. The number of unbranched alkanes of at least 4 members (excludes halogenated alkanes) is 1. The largest absolute Gasteiger partial charge is 0.467 e. The van der Waals surface area contributed by atoms with E-state index in [-0.39, 0.29) is 42.3 Å². The molecule has 0 radical (unpaired) electrons. The van der Waals surface area contributed by atoms with Gasteiger partial charge in [-0.15, -0.1) is 0 Å². The summed E-state index contributed by atoms with van der Waals surface area (Å²) in [4.78, 5) is 56.3. The highest BCUT2D eigenvalue weighted by molar-refractivity contribution is 6.00. The first kappa shape index (κ1) is 21.0. The number of H-pyrrole nitrogens is 1. The van der Waals surface area contributed by atoms with Crippen molar-refractivity contribution >= 4 is 23.3 Å². The summed E-state index contributed by atoms with van der Waals surface area (Å²) in [5.74, 6) is -0.621. The van der Waals surface area contributed by atoms with Gasteiger partial charge in [0.15, 0.2) is 5.69 Å². The van der Waals surface area contributed by atoms with Crippen LogP contribution >= 0.6 is 0 Å². The fourth-order valence-corrected chi connectivity index (χ4v) is 4.06. The molecule has 0 spiro atoms. The number of carbonyl (C=O) groups excluding carboxylic acids is 2. The number of aromatic nitrogens is 2. The summed E-state index contributed by atoms with van der Waals surface area (Å²) in [5, 5.41) is 0. The van der Waals surface area contributed by atoms with Crippen LogP contribution in [0, 0.1) is 5.92 Å². The van der Waals surface area contributed by atoms with Crippen molar-refractivity contribution in [2.75, 3.05) is 17.2 Å². The number of carbonyl (C=O) groups is 2. The molecule has 1 aliphatic heterocycles. The van der Waals surface area contributed by atoms with E-state index in [2.05, 4.69) is 4.98 Å². The highest BCUT2D eigenvalue weighted by atomic mass is 16.3. The zero-order valence-electron chi connectivity index (χ0n) is 17.5. The van der Waals surface area contributed by atoms with Gasteiger partial charge in [0.25, 0.3) is 5.56 Å². The third kappa shape index (κ3) is 4.14. The Labute approximate surface area is 178 Å². The van der Waals surface area contributed by atoms with Gasteiger partial charge in [-0.05, 0) is 31.4 Å². The fraction of sp³-hybridized carbons (Fsp3) is 0.524. The smallest absolute Gasteiger partial charge is 0.330 e. The molecule has 10 nitrogen and oxygen atoms in total. The second kappa shape index (κ2) is 8.44. The maximum absolute atomic E-state index is 13.5. The van der Waals surface area contributed by atoms with E-state index in [0.29, 0.717) is 25.3 Å². The summed E-state index contributed by atoms with van der Waals surface area (Å²) >= 11 is 0. The van der Waals surface area contributed by atoms with Crippen molar-refractivity contribution in [3.05, 3.63) is 45.0 Å².